The minimum absolute atomic E-state index is 0.127. The van der Waals surface area contributed by atoms with E-state index in [4.69, 9.17) is 0 Å². The van der Waals surface area contributed by atoms with Crippen LogP contribution in [0.5, 0.6) is 0 Å². The molecule has 138 valence electrons. The predicted molar refractivity (Wildman–Crippen MR) is 84.7 cm³/mol. The molecule has 1 N–H and O–H groups in total. The molecule has 3 rings (SSSR count). The maximum Gasteiger partial charge on any atom is 0.416 e. The van der Waals surface area contributed by atoms with Crippen molar-refractivity contribution in [3.63, 3.8) is 0 Å². The van der Waals surface area contributed by atoms with E-state index < -0.39 is 24.4 Å². The monoisotopic (exact) mass is 369 g/mol. The van der Waals surface area contributed by atoms with Gasteiger partial charge in [-0.05, 0) is 36.6 Å². The number of fused-ring (bicyclic) bond motifs is 1. The molecule has 5 nitrogen and oxygen atoms in total. The van der Waals surface area contributed by atoms with E-state index in [0.717, 1.165) is 17.7 Å². The Hall–Kier alpha value is -2.71. The van der Waals surface area contributed by atoms with E-state index in [1.165, 1.54) is 13.0 Å². The van der Waals surface area contributed by atoms with Crippen molar-refractivity contribution in [2.75, 3.05) is 11.4 Å². The number of anilines is 1. The van der Waals surface area contributed by atoms with Gasteiger partial charge in [-0.15, -0.1) is 0 Å². The van der Waals surface area contributed by atoms with Gasteiger partial charge in [0.1, 0.15) is 12.5 Å². The number of hydrogen-bond acceptors (Lipinski definition) is 4. The van der Waals surface area contributed by atoms with Crippen LogP contribution < -0.4 is 4.90 Å². The van der Waals surface area contributed by atoms with Crippen molar-refractivity contribution in [3.05, 3.63) is 52.0 Å². The molecule has 2 heterocycles. The molecule has 0 atom stereocenters. The Morgan fingerprint density at radius 2 is 2.00 bits per heavy atom. The number of aromatic nitrogens is 2. The molecule has 0 fully saturated rings. The summed E-state index contributed by atoms with van der Waals surface area (Å²) in [6.07, 6.45) is -3.97. The molecule has 0 radical (unpaired) electrons. The second-order valence-corrected chi connectivity index (χ2v) is 6.03. The molecule has 0 saturated carbocycles. The second-order valence-electron chi connectivity index (χ2n) is 6.03. The van der Waals surface area contributed by atoms with Crippen molar-refractivity contribution < 1.29 is 27.5 Å². The van der Waals surface area contributed by atoms with Crippen LogP contribution in [0.4, 0.5) is 23.4 Å². The molecule has 0 aliphatic carbocycles. The predicted octanol–water partition coefficient (Wildman–Crippen LogP) is 3.53. The molecule has 26 heavy (non-hydrogen) atoms. The Labute approximate surface area is 146 Å². The third-order valence-electron chi connectivity index (χ3n) is 4.33. The number of nitrogens with zero attached hydrogens (tertiary/aromatic N) is 3. The highest BCUT2D eigenvalue weighted by atomic mass is 19.4. The smallest absolute Gasteiger partial charge is 0.416 e. The first-order valence-corrected chi connectivity index (χ1v) is 7.81. The lowest BCUT2D eigenvalue weighted by Gasteiger charge is -2.31. The first-order valence-electron chi connectivity index (χ1n) is 7.81. The fourth-order valence-corrected chi connectivity index (χ4v) is 3.04. The lowest BCUT2D eigenvalue weighted by molar-refractivity contribution is -0.137. The van der Waals surface area contributed by atoms with E-state index in [0.29, 0.717) is 18.5 Å². The minimum Gasteiger partial charge on any atom is -0.476 e. The van der Waals surface area contributed by atoms with Crippen LogP contribution in [0.3, 0.4) is 0 Å². The summed E-state index contributed by atoms with van der Waals surface area (Å²) in [7, 11) is 0. The maximum absolute atomic E-state index is 13.0. The Balaban J connectivity index is 2.01. The molecule has 1 aliphatic heterocycles. The van der Waals surface area contributed by atoms with Crippen LogP contribution in [0.15, 0.2) is 18.2 Å². The number of hydrogen-bond donors (Lipinski definition) is 1. The average molecular weight is 369 g/mol. The van der Waals surface area contributed by atoms with E-state index in [2.05, 4.69) is 9.97 Å². The number of carboxylic acid groups (broad SMARTS) is 1. The molecular formula is C17H15F4N3O2. The summed E-state index contributed by atoms with van der Waals surface area (Å²) >= 11 is 0. The molecule has 0 amide bonds. The molecule has 2 aromatic rings. The van der Waals surface area contributed by atoms with Gasteiger partial charge in [0.2, 0.25) is 0 Å². The molecule has 1 aromatic heterocycles. The third-order valence-corrected chi connectivity index (χ3v) is 4.33. The molecule has 9 heteroatoms. The Morgan fingerprint density at radius 3 is 2.62 bits per heavy atom. The van der Waals surface area contributed by atoms with Crippen molar-refractivity contribution in [3.8, 4) is 0 Å². The summed E-state index contributed by atoms with van der Waals surface area (Å²) in [5.41, 5.74) is 0.490. The van der Waals surface area contributed by atoms with Crippen molar-refractivity contribution >= 4 is 11.8 Å². The van der Waals surface area contributed by atoms with Crippen molar-refractivity contribution in [2.45, 2.75) is 32.7 Å². The van der Waals surface area contributed by atoms with Crippen LogP contribution in [-0.4, -0.2) is 27.6 Å². The van der Waals surface area contributed by atoms with E-state index in [1.54, 1.807) is 4.90 Å². The van der Waals surface area contributed by atoms with Gasteiger partial charge in [0.25, 0.3) is 0 Å². The largest absolute Gasteiger partial charge is 0.476 e. The summed E-state index contributed by atoms with van der Waals surface area (Å²) in [6, 6.07) is 3.60. The molecule has 1 aliphatic rings. The maximum atomic E-state index is 13.0. The number of aromatic carboxylic acids is 1. The second kappa shape index (κ2) is 6.54. The van der Waals surface area contributed by atoms with E-state index in [9.17, 15) is 27.5 Å². The highest BCUT2D eigenvalue weighted by Crippen LogP contribution is 2.33. The molecule has 0 saturated heterocycles. The van der Waals surface area contributed by atoms with E-state index in [1.807, 2.05) is 0 Å². The molecular weight excluding hydrogens is 354 g/mol. The summed E-state index contributed by atoms with van der Waals surface area (Å²) in [4.78, 5) is 20.7. The van der Waals surface area contributed by atoms with Crippen molar-refractivity contribution in [2.24, 2.45) is 0 Å². The first kappa shape index (κ1) is 18.1. The normalized spacial score (nSPS) is 14.3. The Kier molecular flexibility index (Phi) is 4.55. The number of carbonyl (C=O) groups is 1. The molecule has 0 bridgehead atoms. The van der Waals surface area contributed by atoms with Crippen molar-refractivity contribution in [1.82, 2.24) is 9.97 Å². The topological polar surface area (TPSA) is 66.3 Å². The quantitative estimate of drug-likeness (QED) is 0.839. The van der Waals surface area contributed by atoms with Gasteiger partial charge in [-0.2, -0.15) is 13.2 Å². The van der Waals surface area contributed by atoms with Gasteiger partial charge in [0, 0.05) is 18.7 Å². The first-order chi connectivity index (χ1) is 12.2. The highest BCUT2D eigenvalue weighted by Gasteiger charge is 2.32. The zero-order valence-electron chi connectivity index (χ0n) is 13.8. The van der Waals surface area contributed by atoms with Crippen LogP contribution in [0, 0.1) is 6.92 Å². The standard InChI is InChI=1S/C17H15F4N3O2/c1-9-14(16(25)26)22-13(7-18)23-15(9)24-5-4-10-2-3-12(17(19,20)21)6-11(10)8-24/h2-3,6H,4-5,7-8H2,1H3,(H,25,26). The average Bonchev–Trinajstić information content (AvgIpc) is 2.60. The zero-order chi connectivity index (χ0) is 19.1. The van der Waals surface area contributed by atoms with Crippen LogP contribution in [0.25, 0.3) is 0 Å². The van der Waals surface area contributed by atoms with Crippen LogP contribution in [0.1, 0.15) is 38.6 Å². The summed E-state index contributed by atoms with van der Waals surface area (Å²) in [6.45, 7) is 1.03. The van der Waals surface area contributed by atoms with Gasteiger partial charge < -0.3 is 10.0 Å². The zero-order valence-corrected chi connectivity index (χ0v) is 13.8. The fourth-order valence-electron chi connectivity index (χ4n) is 3.04. The molecule has 0 spiro atoms. The summed E-state index contributed by atoms with van der Waals surface area (Å²) in [5, 5.41) is 9.24. The van der Waals surface area contributed by atoms with Crippen LogP contribution in [0.2, 0.25) is 0 Å². The third kappa shape index (κ3) is 3.33. The van der Waals surface area contributed by atoms with Crippen LogP contribution in [-0.2, 0) is 25.8 Å². The van der Waals surface area contributed by atoms with Crippen LogP contribution >= 0.6 is 0 Å². The number of alkyl halides is 4. The summed E-state index contributed by atoms with van der Waals surface area (Å²) < 4.78 is 51.8. The highest BCUT2D eigenvalue weighted by molar-refractivity contribution is 5.88. The molecule has 0 unspecified atom stereocenters. The number of rotatable bonds is 3. The number of benzene rings is 1. The van der Waals surface area contributed by atoms with E-state index >= 15 is 0 Å². The van der Waals surface area contributed by atoms with Gasteiger partial charge in [0.05, 0.1) is 5.56 Å². The van der Waals surface area contributed by atoms with Gasteiger partial charge in [0.15, 0.2) is 11.5 Å². The minimum atomic E-state index is -4.44. The lowest BCUT2D eigenvalue weighted by atomic mass is 9.97. The SMILES string of the molecule is Cc1c(C(=O)O)nc(CF)nc1N1CCc2ccc(C(F)(F)F)cc2C1. The fraction of sp³-hybridized carbons (Fsp3) is 0.353. The Bertz CT molecular complexity index is 868. The van der Waals surface area contributed by atoms with Gasteiger partial charge in [-0.3, -0.25) is 0 Å². The van der Waals surface area contributed by atoms with E-state index in [-0.39, 0.29) is 29.4 Å². The lowest BCUT2D eigenvalue weighted by Crippen LogP contribution is -2.33. The number of halogens is 4. The number of carboxylic acids is 1. The Morgan fingerprint density at radius 1 is 1.27 bits per heavy atom. The van der Waals surface area contributed by atoms with Gasteiger partial charge in [-0.1, -0.05) is 6.07 Å². The molecule has 1 aromatic carbocycles. The summed E-state index contributed by atoms with van der Waals surface area (Å²) in [5.74, 6) is -1.34. The van der Waals surface area contributed by atoms with Gasteiger partial charge >= 0.3 is 12.1 Å². The van der Waals surface area contributed by atoms with Crippen molar-refractivity contribution in [1.29, 1.82) is 0 Å². The van der Waals surface area contributed by atoms with Gasteiger partial charge in [-0.25, -0.2) is 19.2 Å².